The van der Waals surface area contributed by atoms with Crippen molar-refractivity contribution in [1.82, 2.24) is 9.97 Å². The average molecular weight is 268 g/mol. The maximum atomic E-state index is 13.4. The Morgan fingerprint density at radius 2 is 2.28 bits per heavy atom. The number of benzene rings is 1. The van der Waals surface area contributed by atoms with Crippen molar-refractivity contribution in [3.8, 4) is 0 Å². The van der Waals surface area contributed by atoms with Crippen LogP contribution in [-0.4, -0.2) is 17.1 Å². The van der Waals surface area contributed by atoms with E-state index in [1.807, 2.05) is 18.2 Å². The summed E-state index contributed by atoms with van der Waals surface area (Å²) < 4.78 is 18.5. The van der Waals surface area contributed by atoms with Crippen LogP contribution in [0.25, 0.3) is 0 Å². The number of methoxy groups -OCH3 is 1. The van der Waals surface area contributed by atoms with Crippen molar-refractivity contribution in [2.24, 2.45) is 0 Å². The second kappa shape index (κ2) is 5.75. The van der Waals surface area contributed by atoms with Crippen molar-refractivity contribution in [3.05, 3.63) is 47.1 Å². The lowest BCUT2D eigenvalue weighted by molar-refractivity contribution is 0.185. The molecule has 1 heterocycles. The molecule has 0 unspecified atom stereocenters. The third-order valence-electron chi connectivity index (χ3n) is 2.22. The van der Waals surface area contributed by atoms with Crippen LogP contribution in [-0.2, 0) is 11.3 Å². The molecule has 0 bridgehead atoms. The van der Waals surface area contributed by atoms with Gasteiger partial charge in [0.1, 0.15) is 0 Å². The fourth-order valence-electron chi connectivity index (χ4n) is 1.48. The van der Waals surface area contributed by atoms with Crippen molar-refractivity contribution < 1.29 is 9.13 Å². The summed E-state index contributed by atoms with van der Waals surface area (Å²) in [5, 5.41) is 2.84. The third-order valence-corrected chi connectivity index (χ3v) is 2.40. The number of aromatic nitrogens is 2. The van der Waals surface area contributed by atoms with Crippen molar-refractivity contribution in [2.45, 2.75) is 6.61 Å². The molecule has 0 saturated carbocycles. The first-order chi connectivity index (χ1) is 8.69. The molecular formula is C12H11ClFN3O. The van der Waals surface area contributed by atoms with Gasteiger partial charge in [-0.05, 0) is 29.3 Å². The number of anilines is 2. The van der Waals surface area contributed by atoms with Crippen molar-refractivity contribution in [2.75, 3.05) is 12.4 Å². The lowest BCUT2D eigenvalue weighted by Crippen LogP contribution is -1.99. The molecule has 0 atom stereocenters. The molecule has 0 saturated heterocycles. The van der Waals surface area contributed by atoms with Gasteiger partial charge in [-0.15, -0.1) is 0 Å². The van der Waals surface area contributed by atoms with E-state index in [1.165, 1.54) is 0 Å². The predicted molar refractivity (Wildman–Crippen MR) is 67.4 cm³/mol. The minimum absolute atomic E-state index is 0.00746. The van der Waals surface area contributed by atoms with E-state index in [4.69, 9.17) is 16.3 Å². The van der Waals surface area contributed by atoms with Gasteiger partial charge in [-0.25, -0.2) is 9.37 Å². The third kappa shape index (κ3) is 3.15. The number of ether oxygens (including phenoxy) is 1. The van der Waals surface area contributed by atoms with Gasteiger partial charge in [0, 0.05) is 12.8 Å². The molecular weight excluding hydrogens is 257 g/mol. The van der Waals surface area contributed by atoms with Gasteiger partial charge in [0.25, 0.3) is 0 Å². The molecule has 1 aromatic carbocycles. The van der Waals surface area contributed by atoms with E-state index >= 15 is 0 Å². The number of rotatable bonds is 4. The van der Waals surface area contributed by atoms with Gasteiger partial charge < -0.3 is 10.1 Å². The zero-order valence-electron chi connectivity index (χ0n) is 9.65. The molecule has 4 nitrogen and oxygen atoms in total. The van der Waals surface area contributed by atoms with Crippen molar-refractivity contribution in [1.29, 1.82) is 0 Å². The highest BCUT2D eigenvalue weighted by atomic mass is 35.5. The van der Waals surface area contributed by atoms with Gasteiger partial charge in [-0.1, -0.05) is 12.1 Å². The van der Waals surface area contributed by atoms with Crippen molar-refractivity contribution in [3.63, 3.8) is 0 Å². The normalized spacial score (nSPS) is 10.4. The van der Waals surface area contributed by atoms with Crippen LogP contribution in [0.3, 0.4) is 0 Å². The summed E-state index contributed by atoms with van der Waals surface area (Å²) >= 11 is 5.62. The molecule has 0 aliphatic rings. The molecule has 0 spiro atoms. The molecule has 0 aliphatic heterocycles. The van der Waals surface area contributed by atoms with Crippen LogP contribution < -0.4 is 5.32 Å². The minimum Gasteiger partial charge on any atom is -0.380 e. The Balaban J connectivity index is 2.22. The molecule has 0 radical (unpaired) electrons. The topological polar surface area (TPSA) is 47.0 Å². The van der Waals surface area contributed by atoms with E-state index < -0.39 is 5.82 Å². The summed E-state index contributed by atoms with van der Waals surface area (Å²) in [5.74, 6) is -0.513. The molecule has 2 aromatic rings. The van der Waals surface area contributed by atoms with Gasteiger partial charge in [0.05, 0.1) is 12.8 Å². The maximum Gasteiger partial charge on any atom is 0.224 e. The van der Waals surface area contributed by atoms with E-state index in [1.54, 1.807) is 13.2 Å². The standard InChI is InChI=1S/C12H11ClFN3O/c1-18-7-8-3-2-4-9(5-8)16-11-10(14)6-15-12(13)17-11/h2-6H,7H2,1H3,(H,15,16,17). The van der Waals surface area contributed by atoms with E-state index in [9.17, 15) is 4.39 Å². The molecule has 0 amide bonds. The van der Waals surface area contributed by atoms with Crippen LogP contribution in [0, 0.1) is 5.82 Å². The Kier molecular flexibility index (Phi) is 4.07. The molecule has 0 fully saturated rings. The van der Waals surface area contributed by atoms with Crippen LogP contribution in [0.5, 0.6) is 0 Å². The van der Waals surface area contributed by atoms with Gasteiger partial charge >= 0.3 is 0 Å². The summed E-state index contributed by atoms with van der Waals surface area (Å²) in [6.45, 7) is 0.489. The SMILES string of the molecule is COCc1cccc(Nc2nc(Cl)ncc2F)c1. The smallest absolute Gasteiger partial charge is 0.224 e. The first-order valence-electron chi connectivity index (χ1n) is 5.22. The molecule has 0 aliphatic carbocycles. The highest BCUT2D eigenvalue weighted by Gasteiger charge is 2.06. The predicted octanol–water partition coefficient (Wildman–Crippen LogP) is 3.16. The number of hydrogen-bond donors (Lipinski definition) is 1. The second-order valence-corrected chi connectivity index (χ2v) is 3.93. The minimum atomic E-state index is -0.559. The average Bonchev–Trinajstić information content (AvgIpc) is 2.35. The second-order valence-electron chi connectivity index (χ2n) is 3.59. The Labute approximate surface area is 109 Å². The Hall–Kier alpha value is -1.72. The van der Waals surface area contributed by atoms with Gasteiger partial charge in [0.15, 0.2) is 11.6 Å². The van der Waals surface area contributed by atoms with Crippen LogP contribution in [0.15, 0.2) is 30.5 Å². The van der Waals surface area contributed by atoms with E-state index in [0.29, 0.717) is 12.3 Å². The fourth-order valence-corrected chi connectivity index (χ4v) is 1.61. The summed E-state index contributed by atoms with van der Waals surface area (Å²) in [4.78, 5) is 7.33. The number of halogens is 2. The zero-order valence-corrected chi connectivity index (χ0v) is 10.4. The highest BCUT2D eigenvalue weighted by Crippen LogP contribution is 2.19. The summed E-state index contributed by atoms with van der Waals surface area (Å²) in [6, 6.07) is 7.41. The number of hydrogen-bond acceptors (Lipinski definition) is 4. The monoisotopic (exact) mass is 267 g/mol. The quantitative estimate of drug-likeness (QED) is 0.865. The molecule has 2 rings (SSSR count). The van der Waals surface area contributed by atoms with Crippen molar-refractivity contribution >= 4 is 23.1 Å². The lowest BCUT2D eigenvalue weighted by Gasteiger charge is -2.08. The zero-order chi connectivity index (χ0) is 13.0. The van der Waals surface area contributed by atoms with E-state index in [2.05, 4.69) is 15.3 Å². The molecule has 6 heteroatoms. The molecule has 1 N–H and O–H groups in total. The molecule has 1 aromatic heterocycles. The van der Waals surface area contributed by atoms with Gasteiger partial charge in [-0.2, -0.15) is 4.98 Å². The summed E-state index contributed by atoms with van der Waals surface area (Å²) in [7, 11) is 1.62. The molecule has 94 valence electrons. The first-order valence-corrected chi connectivity index (χ1v) is 5.60. The Morgan fingerprint density at radius 1 is 1.44 bits per heavy atom. The Morgan fingerprint density at radius 3 is 3.06 bits per heavy atom. The summed E-state index contributed by atoms with van der Waals surface area (Å²) in [5.41, 5.74) is 1.68. The maximum absolute atomic E-state index is 13.4. The van der Waals surface area contributed by atoms with Crippen LogP contribution in [0.2, 0.25) is 5.28 Å². The fraction of sp³-hybridized carbons (Fsp3) is 0.167. The van der Waals surface area contributed by atoms with Crippen LogP contribution in [0.4, 0.5) is 15.9 Å². The number of nitrogens with one attached hydrogen (secondary N) is 1. The van der Waals surface area contributed by atoms with Crippen LogP contribution in [0.1, 0.15) is 5.56 Å². The van der Waals surface area contributed by atoms with E-state index in [-0.39, 0.29) is 11.1 Å². The molecule has 18 heavy (non-hydrogen) atoms. The number of nitrogens with zero attached hydrogens (tertiary/aromatic N) is 2. The van der Waals surface area contributed by atoms with Crippen LogP contribution >= 0.6 is 11.6 Å². The summed E-state index contributed by atoms with van der Waals surface area (Å²) in [6.07, 6.45) is 1.02. The first kappa shape index (κ1) is 12.7. The lowest BCUT2D eigenvalue weighted by atomic mass is 10.2. The Bertz CT molecular complexity index is 551. The highest BCUT2D eigenvalue weighted by molar-refractivity contribution is 6.28. The van der Waals surface area contributed by atoms with E-state index in [0.717, 1.165) is 11.8 Å². The van der Waals surface area contributed by atoms with Gasteiger partial charge in [-0.3, -0.25) is 0 Å². The largest absolute Gasteiger partial charge is 0.380 e. The van der Waals surface area contributed by atoms with Gasteiger partial charge in [0.2, 0.25) is 5.28 Å².